The molecule has 0 fully saturated rings. The molecule has 1 N–H and O–H groups in total. The summed E-state index contributed by atoms with van der Waals surface area (Å²) >= 11 is 1.87. The minimum absolute atomic E-state index is 0.294. The fourth-order valence-corrected chi connectivity index (χ4v) is 2.95. The summed E-state index contributed by atoms with van der Waals surface area (Å²) in [6.07, 6.45) is 3.98. The average Bonchev–Trinajstić information content (AvgIpc) is 2.90. The minimum atomic E-state index is 0.294. The molecule has 1 aromatic heterocycles. The first-order chi connectivity index (χ1) is 10.2. The molecule has 1 unspecified atom stereocenters. The second-order valence-corrected chi connectivity index (χ2v) is 6.43. The van der Waals surface area contributed by atoms with Crippen LogP contribution in [0.1, 0.15) is 37.6 Å². The Bertz CT molecular complexity index is 535. The Labute approximate surface area is 131 Å². The Kier molecular flexibility index (Phi) is 6.26. The van der Waals surface area contributed by atoms with E-state index in [0.29, 0.717) is 6.04 Å². The normalized spacial score (nSPS) is 12.5. The number of benzene rings is 1. The third-order valence-electron chi connectivity index (χ3n) is 3.30. The van der Waals surface area contributed by atoms with Crippen LogP contribution in [-0.2, 0) is 13.5 Å². The molecule has 1 aromatic carbocycles. The molecule has 2 aromatic rings. The summed E-state index contributed by atoms with van der Waals surface area (Å²) in [5, 5.41) is 11.8. The van der Waals surface area contributed by atoms with Crippen LogP contribution < -0.4 is 5.32 Å². The van der Waals surface area contributed by atoms with Gasteiger partial charge in [-0.1, -0.05) is 31.2 Å². The molecular formula is C16H24N4S. The lowest BCUT2D eigenvalue weighted by molar-refractivity contribution is 0.524. The van der Waals surface area contributed by atoms with E-state index in [9.17, 15) is 0 Å². The molecule has 0 aliphatic rings. The lowest BCUT2D eigenvalue weighted by Gasteiger charge is -2.18. The first kappa shape index (κ1) is 16.0. The molecule has 1 atom stereocenters. The molecule has 2 rings (SSSR count). The number of hydrogen-bond donors (Lipinski definition) is 1. The summed E-state index contributed by atoms with van der Waals surface area (Å²) in [7, 11) is 1.90. The van der Waals surface area contributed by atoms with Crippen molar-refractivity contribution in [1.29, 1.82) is 0 Å². The largest absolute Gasteiger partial charge is 0.310 e. The molecule has 0 radical (unpaired) electrons. The minimum Gasteiger partial charge on any atom is -0.310 e. The number of nitrogens with zero attached hydrogens (tertiary/aromatic N) is 3. The quantitative estimate of drug-likeness (QED) is 0.761. The average molecular weight is 304 g/mol. The van der Waals surface area contributed by atoms with E-state index in [-0.39, 0.29) is 0 Å². The number of aromatic nitrogens is 3. The van der Waals surface area contributed by atoms with E-state index in [1.54, 1.807) is 4.68 Å². The monoisotopic (exact) mass is 304 g/mol. The van der Waals surface area contributed by atoms with Gasteiger partial charge in [-0.05, 0) is 36.4 Å². The van der Waals surface area contributed by atoms with E-state index in [2.05, 4.69) is 53.7 Å². The van der Waals surface area contributed by atoms with Gasteiger partial charge in [0.05, 0.1) is 5.69 Å². The van der Waals surface area contributed by atoms with Crippen molar-refractivity contribution in [2.75, 3.05) is 12.3 Å². The van der Waals surface area contributed by atoms with Crippen molar-refractivity contribution in [3.8, 4) is 0 Å². The van der Waals surface area contributed by atoms with Crippen LogP contribution in [0.25, 0.3) is 0 Å². The fourth-order valence-electron chi connectivity index (χ4n) is 2.29. The summed E-state index contributed by atoms with van der Waals surface area (Å²) in [6.45, 7) is 5.38. The van der Waals surface area contributed by atoms with Gasteiger partial charge in [-0.25, -0.2) is 0 Å². The van der Waals surface area contributed by atoms with Crippen molar-refractivity contribution in [3.63, 3.8) is 0 Å². The van der Waals surface area contributed by atoms with E-state index < -0.39 is 0 Å². The molecule has 0 aliphatic heterocycles. The van der Waals surface area contributed by atoms with Crippen LogP contribution in [0.5, 0.6) is 0 Å². The second-order valence-electron chi connectivity index (χ2n) is 5.10. The second kappa shape index (κ2) is 8.20. The lowest BCUT2D eigenvalue weighted by atomic mass is 10.0. The molecule has 5 heteroatoms. The summed E-state index contributed by atoms with van der Waals surface area (Å²) in [6, 6.07) is 9.16. The number of aryl methyl sites for hydroxylation is 1. The first-order valence-electron chi connectivity index (χ1n) is 7.54. The van der Waals surface area contributed by atoms with Gasteiger partial charge in [0, 0.05) is 30.6 Å². The highest BCUT2D eigenvalue weighted by atomic mass is 32.2. The van der Waals surface area contributed by atoms with E-state index >= 15 is 0 Å². The standard InChI is InChI=1S/C16H24N4S/c1-4-10-17-16(11-14-12-20(3)19-18-14)13-6-8-15(9-7-13)21-5-2/h6-9,12,16-17H,4-5,10-11H2,1-3H3. The van der Waals surface area contributed by atoms with Gasteiger partial charge >= 0.3 is 0 Å². The van der Waals surface area contributed by atoms with E-state index in [4.69, 9.17) is 0 Å². The zero-order chi connectivity index (χ0) is 15.1. The van der Waals surface area contributed by atoms with Gasteiger partial charge < -0.3 is 5.32 Å². The molecule has 0 bridgehead atoms. The molecule has 0 amide bonds. The van der Waals surface area contributed by atoms with Gasteiger partial charge in [0.2, 0.25) is 0 Å². The van der Waals surface area contributed by atoms with Crippen LogP contribution in [0, 0.1) is 0 Å². The third kappa shape index (κ3) is 4.86. The zero-order valence-electron chi connectivity index (χ0n) is 13.0. The van der Waals surface area contributed by atoms with E-state index in [0.717, 1.165) is 30.8 Å². The smallest absolute Gasteiger partial charge is 0.0845 e. The predicted octanol–water partition coefficient (Wildman–Crippen LogP) is 3.21. The highest BCUT2D eigenvalue weighted by Crippen LogP contribution is 2.22. The molecule has 114 valence electrons. The van der Waals surface area contributed by atoms with Crippen LogP contribution in [0.2, 0.25) is 0 Å². The molecule has 4 nitrogen and oxygen atoms in total. The van der Waals surface area contributed by atoms with Crippen LogP contribution in [0.3, 0.4) is 0 Å². The highest BCUT2D eigenvalue weighted by molar-refractivity contribution is 7.99. The Morgan fingerprint density at radius 1 is 1.24 bits per heavy atom. The lowest BCUT2D eigenvalue weighted by Crippen LogP contribution is -2.24. The van der Waals surface area contributed by atoms with Gasteiger partial charge in [0.1, 0.15) is 0 Å². The molecule has 0 aliphatic carbocycles. The number of thioether (sulfide) groups is 1. The summed E-state index contributed by atoms with van der Waals surface area (Å²) in [5.41, 5.74) is 2.34. The maximum atomic E-state index is 4.20. The van der Waals surface area contributed by atoms with Crippen molar-refractivity contribution in [2.45, 2.75) is 37.6 Å². The van der Waals surface area contributed by atoms with E-state index in [1.165, 1.54) is 10.5 Å². The Hall–Kier alpha value is -1.33. The Balaban J connectivity index is 2.10. The molecule has 1 heterocycles. The summed E-state index contributed by atoms with van der Waals surface area (Å²) in [5.74, 6) is 1.11. The van der Waals surface area contributed by atoms with Gasteiger partial charge in [0.15, 0.2) is 0 Å². The van der Waals surface area contributed by atoms with Gasteiger partial charge in [-0.15, -0.1) is 16.9 Å². The third-order valence-corrected chi connectivity index (χ3v) is 4.19. The highest BCUT2D eigenvalue weighted by Gasteiger charge is 2.13. The van der Waals surface area contributed by atoms with E-state index in [1.807, 2.05) is 25.0 Å². The Morgan fingerprint density at radius 2 is 2.00 bits per heavy atom. The van der Waals surface area contributed by atoms with Crippen molar-refractivity contribution < 1.29 is 0 Å². The molecule has 0 saturated carbocycles. The topological polar surface area (TPSA) is 42.7 Å². The van der Waals surface area contributed by atoms with Crippen LogP contribution in [-0.4, -0.2) is 27.3 Å². The van der Waals surface area contributed by atoms with Gasteiger partial charge in [0.25, 0.3) is 0 Å². The maximum absolute atomic E-state index is 4.20. The number of rotatable bonds is 8. The van der Waals surface area contributed by atoms with Gasteiger partial charge in [-0.3, -0.25) is 4.68 Å². The van der Waals surface area contributed by atoms with Crippen LogP contribution >= 0.6 is 11.8 Å². The molecule has 0 spiro atoms. The maximum Gasteiger partial charge on any atom is 0.0845 e. The van der Waals surface area contributed by atoms with Crippen LogP contribution in [0.4, 0.5) is 0 Å². The molecule has 0 saturated heterocycles. The molecule has 21 heavy (non-hydrogen) atoms. The van der Waals surface area contributed by atoms with Crippen molar-refractivity contribution in [1.82, 2.24) is 20.3 Å². The zero-order valence-corrected chi connectivity index (χ0v) is 13.9. The predicted molar refractivity (Wildman–Crippen MR) is 88.6 cm³/mol. The summed E-state index contributed by atoms with van der Waals surface area (Å²) in [4.78, 5) is 1.33. The molecular weight excluding hydrogens is 280 g/mol. The Morgan fingerprint density at radius 3 is 2.57 bits per heavy atom. The van der Waals surface area contributed by atoms with Crippen molar-refractivity contribution >= 4 is 11.8 Å². The fraction of sp³-hybridized carbons (Fsp3) is 0.500. The SMILES string of the molecule is CCCNC(Cc1cn(C)nn1)c1ccc(SCC)cc1. The van der Waals surface area contributed by atoms with Crippen molar-refractivity contribution in [2.24, 2.45) is 7.05 Å². The van der Waals surface area contributed by atoms with Gasteiger partial charge in [-0.2, -0.15) is 0 Å². The van der Waals surface area contributed by atoms with Crippen LogP contribution in [0.15, 0.2) is 35.4 Å². The van der Waals surface area contributed by atoms with Crippen molar-refractivity contribution in [3.05, 3.63) is 41.7 Å². The first-order valence-corrected chi connectivity index (χ1v) is 8.52. The number of nitrogens with one attached hydrogen (secondary N) is 1. The number of hydrogen-bond acceptors (Lipinski definition) is 4. The summed E-state index contributed by atoms with van der Waals surface area (Å²) < 4.78 is 1.76.